The van der Waals surface area contributed by atoms with Crippen molar-refractivity contribution in [1.82, 2.24) is 0 Å². The van der Waals surface area contributed by atoms with Crippen molar-refractivity contribution in [2.24, 2.45) is 11.7 Å². The predicted molar refractivity (Wildman–Crippen MR) is 80.4 cm³/mol. The molecule has 1 aromatic carbocycles. The maximum atomic E-state index is 11.8. The van der Waals surface area contributed by atoms with Gasteiger partial charge in [0.25, 0.3) is 0 Å². The Balaban J connectivity index is 1.69. The van der Waals surface area contributed by atoms with Gasteiger partial charge in [0, 0.05) is 12.2 Å². The molecule has 1 aliphatic rings. The Labute approximate surface area is 120 Å². The molecule has 1 fully saturated rings. The van der Waals surface area contributed by atoms with Crippen LogP contribution in [0.3, 0.4) is 0 Å². The molecule has 1 amide bonds. The molecule has 3 N–H and O–H groups in total. The summed E-state index contributed by atoms with van der Waals surface area (Å²) in [6.45, 7) is 1.31. The molecule has 1 aliphatic carbocycles. The van der Waals surface area contributed by atoms with Crippen LogP contribution in [0.25, 0.3) is 0 Å². The van der Waals surface area contributed by atoms with Crippen molar-refractivity contribution in [3.8, 4) is 0 Å². The fraction of sp³-hybridized carbons (Fsp3) is 0.562. The van der Waals surface area contributed by atoms with Crippen molar-refractivity contribution < 1.29 is 9.53 Å². The maximum absolute atomic E-state index is 11.8. The molecule has 1 saturated carbocycles. The zero-order valence-corrected chi connectivity index (χ0v) is 11.9. The molecule has 20 heavy (non-hydrogen) atoms. The van der Waals surface area contributed by atoms with Crippen molar-refractivity contribution in [2.75, 3.05) is 18.5 Å². The summed E-state index contributed by atoms with van der Waals surface area (Å²) >= 11 is 0. The van der Waals surface area contributed by atoms with E-state index in [0.717, 1.165) is 11.3 Å². The molecule has 2 rings (SSSR count). The number of amides is 1. The first kappa shape index (κ1) is 15.0. The van der Waals surface area contributed by atoms with Gasteiger partial charge in [-0.2, -0.15) is 0 Å². The van der Waals surface area contributed by atoms with Crippen molar-refractivity contribution >= 4 is 11.6 Å². The zero-order chi connectivity index (χ0) is 14.2. The highest BCUT2D eigenvalue weighted by Crippen LogP contribution is 2.23. The van der Waals surface area contributed by atoms with Crippen LogP contribution in [0.1, 0.15) is 37.7 Å². The Morgan fingerprint density at radius 1 is 1.30 bits per heavy atom. The molecule has 4 nitrogen and oxygen atoms in total. The SMILES string of the molecule is NCc1cccc(NC(=O)COCC2CCCCC2)c1. The summed E-state index contributed by atoms with van der Waals surface area (Å²) in [5, 5.41) is 2.83. The molecule has 1 aromatic rings. The van der Waals surface area contributed by atoms with Crippen LogP contribution >= 0.6 is 0 Å². The van der Waals surface area contributed by atoms with E-state index in [1.807, 2.05) is 24.3 Å². The number of nitrogens with one attached hydrogen (secondary N) is 1. The van der Waals surface area contributed by atoms with E-state index in [1.54, 1.807) is 0 Å². The van der Waals surface area contributed by atoms with Gasteiger partial charge >= 0.3 is 0 Å². The summed E-state index contributed by atoms with van der Waals surface area (Å²) in [5.74, 6) is 0.534. The lowest BCUT2D eigenvalue weighted by atomic mass is 9.90. The van der Waals surface area contributed by atoms with Gasteiger partial charge in [0.2, 0.25) is 5.91 Å². The average Bonchev–Trinajstić information content (AvgIpc) is 2.48. The van der Waals surface area contributed by atoms with E-state index in [1.165, 1.54) is 32.1 Å². The largest absolute Gasteiger partial charge is 0.371 e. The summed E-state index contributed by atoms with van der Waals surface area (Å²) in [7, 11) is 0. The van der Waals surface area contributed by atoms with Crippen LogP contribution in [0, 0.1) is 5.92 Å². The minimum atomic E-state index is -0.102. The zero-order valence-electron chi connectivity index (χ0n) is 11.9. The first-order chi connectivity index (χ1) is 9.78. The van der Waals surface area contributed by atoms with Crippen LogP contribution < -0.4 is 11.1 Å². The van der Waals surface area contributed by atoms with Crippen LogP contribution in [0.4, 0.5) is 5.69 Å². The molecular weight excluding hydrogens is 252 g/mol. The summed E-state index contributed by atoms with van der Waals surface area (Å²) in [5.41, 5.74) is 7.36. The van der Waals surface area contributed by atoms with Gasteiger partial charge in [0.1, 0.15) is 6.61 Å². The maximum Gasteiger partial charge on any atom is 0.250 e. The molecule has 0 bridgehead atoms. The number of carbonyl (C=O) groups is 1. The second-order valence-electron chi connectivity index (χ2n) is 5.47. The molecule has 0 heterocycles. The molecule has 0 spiro atoms. The Bertz CT molecular complexity index is 428. The smallest absolute Gasteiger partial charge is 0.250 e. The Morgan fingerprint density at radius 3 is 2.85 bits per heavy atom. The number of benzene rings is 1. The monoisotopic (exact) mass is 276 g/mol. The van der Waals surface area contributed by atoms with Crippen LogP contribution in [-0.2, 0) is 16.1 Å². The summed E-state index contributed by atoms with van der Waals surface area (Å²) in [6.07, 6.45) is 6.41. The van der Waals surface area contributed by atoms with E-state index < -0.39 is 0 Å². The standard InChI is InChI=1S/C16H24N2O2/c17-10-14-7-4-8-15(9-14)18-16(19)12-20-11-13-5-2-1-3-6-13/h4,7-9,13H,1-3,5-6,10-12,17H2,(H,18,19). The Kier molecular flexibility index (Phi) is 6.02. The Morgan fingerprint density at radius 2 is 2.10 bits per heavy atom. The van der Waals surface area contributed by atoms with Gasteiger partial charge in [-0.1, -0.05) is 31.4 Å². The van der Waals surface area contributed by atoms with Gasteiger partial charge < -0.3 is 15.8 Å². The van der Waals surface area contributed by atoms with Crippen molar-refractivity contribution in [3.63, 3.8) is 0 Å². The molecule has 0 aromatic heterocycles. The predicted octanol–water partition coefficient (Wildman–Crippen LogP) is 2.68. The normalized spacial score (nSPS) is 16.1. The van der Waals surface area contributed by atoms with Gasteiger partial charge in [-0.05, 0) is 36.5 Å². The van der Waals surface area contributed by atoms with Gasteiger partial charge in [-0.15, -0.1) is 0 Å². The van der Waals surface area contributed by atoms with Gasteiger partial charge in [-0.25, -0.2) is 0 Å². The highest BCUT2D eigenvalue weighted by atomic mass is 16.5. The van der Waals surface area contributed by atoms with E-state index in [0.29, 0.717) is 19.1 Å². The van der Waals surface area contributed by atoms with Crippen molar-refractivity contribution in [1.29, 1.82) is 0 Å². The molecule has 0 saturated heterocycles. The van der Waals surface area contributed by atoms with Crippen LogP contribution in [0.15, 0.2) is 24.3 Å². The highest BCUT2D eigenvalue weighted by molar-refractivity contribution is 5.91. The number of ether oxygens (including phenoxy) is 1. The average molecular weight is 276 g/mol. The van der Waals surface area contributed by atoms with Crippen molar-refractivity contribution in [3.05, 3.63) is 29.8 Å². The summed E-state index contributed by atoms with van der Waals surface area (Å²) in [6, 6.07) is 7.58. The number of nitrogens with two attached hydrogens (primary N) is 1. The minimum absolute atomic E-state index is 0.102. The summed E-state index contributed by atoms with van der Waals surface area (Å²) < 4.78 is 5.53. The fourth-order valence-electron chi connectivity index (χ4n) is 2.65. The van der Waals surface area contributed by atoms with E-state index >= 15 is 0 Å². The highest BCUT2D eigenvalue weighted by Gasteiger charge is 2.14. The molecule has 4 heteroatoms. The molecule has 0 radical (unpaired) electrons. The third kappa shape index (κ3) is 4.94. The van der Waals surface area contributed by atoms with Crippen molar-refractivity contribution in [2.45, 2.75) is 38.6 Å². The van der Waals surface area contributed by atoms with Crippen LogP contribution in [-0.4, -0.2) is 19.1 Å². The number of carbonyl (C=O) groups excluding carboxylic acids is 1. The lowest BCUT2D eigenvalue weighted by Gasteiger charge is -2.21. The van der Waals surface area contributed by atoms with Crippen LogP contribution in [0.2, 0.25) is 0 Å². The number of rotatable bonds is 6. The van der Waals surface area contributed by atoms with Gasteiger partial charge in [-0.3, -0.25) is 4.79 Å². The van der Waals surface area contributed by atoms with Gasteiger partial charge in [0.15, 0.2) is 0 Å². The van der Waals surface area contributed by atoms with E-state index in [-0.39, 0.29) is 12.5 Å². The molecule has 110 valence electrons. The lowest BCUT2D eigenvalue weighted by Crippen LogP contribution is -2.21. The number of anilines is 1. The second-order valence-corrected chi connectivity index (χ2v) is 5.47. The Hall–Kier alpha value is -1.39. The first-order valence-electron chi connectivity index (χ1n) is 7.44. The molecular formula is C16H24N2O2. The first-order valence-corrected chi connectivity index (χ1v) is 7.44. The molecule has 0 atom stereocenters. The topological polar surface area (TPSA) is 64.3 Å². The van der Waals surface area contributed by atoms with E-state index in [4.69, 9.17) is 10.5 Å². The van der Waals surface area contributed by atoms with E-state index in [9.17, 15) is 4.79 Å². The quantitative estimate of drug-likeness (QED) is 0.839. The lowest BCUT2D eigenvalue weighted by molar-refractivity contribution is -0.121. The van der Waals surface area contributed by atoms with Gasteiger partial charge in [0.05, 0.1) is 6.61 Å². The summed E-state index contributed by atoms with van der Waals surface area (Å²) in [4.78, 5) is 11.8. The fourth-order valence-corrected chi connectivity index (χ4v) is 2.65. The second kappa shape index (κ2) is 8.02. The third-order valence-corrected chi connectivity index (χ3v) is 3.76. The number of hydrogen-bond donors (Lipinski definition) is 2. The third-order valence-electron chi connectivity index (χ3n) is 3.76. The molecule has 0 unspecified atom stereocenters. The molecule has 0 aliphatic heterocycles. The number of hydrogen-bond acceptors (Lipinski definition) is 3. The minimum Gasteiger partial charge on any atom is -0.371 e. The van der Waals surface area contributed by atoms with E-state index in [2.05, 4.69) is 5.32 Å². The van der Waals surface area contributed by atoms with Crippen LogP contribution in [0.5, 0.6) is 0 Å².